The molecule has 0 aromatic heterocycles. The van der Waals surface area contributed by atoms with Crippen LogP contribution >= 0.6 is 0 Å². The number of carbonyl (C=O) groups excluding carboxylic acids is 1. The monoisotopic (exact) mass is 154 g/mol. The van der Waals surface area contributed by atoms with Gasteiger partial charge >= 0.3 is 5.97 Å². The minimum atomic E-state index is -0.0237. The lowest BCUT2D eigenvalue weighted by atomic mass is 10.1. The predicted octanol–water partition coefficient (Wildman–Crippen LogP) is 1.60. The summed E-state index contributed by atoms with van der Waals surface area (Å²) in [6.45, 7) is 0. The summed E-state index contributed by atoms with van der Waals surface area (Å²) in [6, 6.07) is 0. The molecule has 0 saturated heterocycles. The minimum Gasteiger partial charge on any atom is -0.469 e. The molecular weight excluding hydrogens is 140 g/mol. The highest BCUT2D eigenvalue weighted by molar-refractivity contribution is 5.70. The van der Waals surface area contributed by atoms with Crippen LogP contribution in [0.5, 0.6) is 0 Å². The van der Waals surface area contributed by atoms with Crippen molar-refractivity contribution in [2.75, 3.05) is 7.11 Å². The number of esters is 1. The molecule has 0 radical (unpaired) electrons. The number of rotatable bonds is 2. The van der Waals surface area contributed by atoms with Gasteiger partial charge in [0.1, 0.15) is 0 Å². The van der Waals surface area contributed by atoms with E-state index in [4.69, 9.17) is 0 Å². The second-order valence-corrected chi connectivity index (χ2v) is 3.70. The van der Waals surface area contributed by atoms with E-state index >= 15 is 0 Å². The fourth-order valence-electron chi connectivity index (χ4n) is 2.55. The molecule has 0 bridgehead atoms. The third kappa shape index (κ3) is 1.15. The molecule has 2 rings (SSSR count). The highest BCUT2D eigenvalue weighted by Gasteiger charge is 2.52. The van der Waals surface area contributed by atoms with Crippen LogP contribution in [0.1, 0.15) is 25.7 Å². The molecule has 0 aromatic rings. The molecule has 2 unspecified atom stereocenters. The lowest BCUT2D eigenvalue weighted by Crippen LogP contribution is -2.03. The standard InChI is InChI=1S/C9H14O2/c1-11-9(10)5-8-6-3-2-4-7(6)8/h6-8H,2-5H2,1H3. The van der Waals surface area contributed by atoms with Gasteiger partial charge in [0.15, 0.2) is 0 Å². The Hall–Kier alpha value is -0.530. The zero-order valence-corrected chi connectivity index (χ0v) is 6.88. The van der Waals surface area contributed by atoms with Crippen molar-refractivity contribution in [3.63, 3.8) is 0 Å². The number of hydrogen-bond donors (Lipinski definition) is 0. The average Bonchev–Trinajstić information content (AvgIpc) is 2.52. The first-order valence-electron chi connectivity index (χ1n) is 4.39. The summed E-state index contributed by atoms with van der Waals surface area (Å²) in [5.74, 6) is 2.43. The van der Waals surface area contributed by atoms with Gasteiger partial charge in [-0.1, -0.05) is 6.42 Å². The van der Waals surface area contributed by atoms with Crippen LogP contribution in [0.25, 0.3) is 0 Å². The highest BCUT2D eigenvalue weighted by Crippen LogP contribution is 2.58. The summed E-state index contributed by atoms with van der Waals surface area (Å²) >= 11 is 0. The van der Waals surface area contributed by atoms with Crippen molar-refractivity contribution in [2.45, 2.75) is 25.7 Å². The fourth-order valence-corrected chi connectivity index (χ4v) is 2.55. The van der Waals surface area contributed by atoms with Crippen molar-refractivity contribution in [1.29, 1.82) is 0 Å². The van der Waals surface area contributed by atoms with Crippen molar-refractivity contribution in [3.8, 4) is 0 Å². The zero-order chi connectivity index (χ0) is 7.84. The second kappa shape index (κ2) is 2.50. The van der Waals surface area contributed by atoms with Crippen molar-refractivity contribution in [3.05, 3.63) is 0 Å². The van der Waals surface area contributed by atoms with E-state index in [0.29, 0.717) is 12.3 Å². The third-order valence-corrected chi connectivity index (χ3v) is 3.21. The highest BCUT2D eigenvalue weighted by atomic mass is 16.5. The van der Waals surface area contributed by atoms with Crippen LogP contribution in [-0.4, -0.2) is 13.1 Å². The molecular formula is C9H14O2. The summed E-state index contributed by atoms with van der Waals surface area (Å²) in [5.41, 5.74) is 0. The van der Waals surface area contributed by atoms with Crippen LogP contribution in [0.4, 0.5) is 0 Å². The third-order valence-electron chi connectivity index (χ3n) is 3.21. The maximum absolute atomic E-state index is 10.9. The minimum absolute atomic E-state index is 0.0237. The molecule has 11 heavy (non-hydrogen) atoms. The van der Waals surface area contributed by atoms with Gasteiger partial charge in [-0.2, -0.15) is 0 Å². The van der Waals surface area contributed by atoms with Gasteiger partial charge in [0.2, 0.25) is 0 Å². The molecule has 0 spiro atoms. The SMILES string of the molecule is COC(=O)CC1C2CCCC21. The Bertz CT molecular complexity index is 166. The van der Waals surface area contributed by atoms with Gasteiger partial charge in [-0.3, -0.25) is 4.79 Å². The molecule has 62 valence electrons. The van der Waals surface area contributed by atoms with E-state index in [-0.39, 0.29) is 5.97 Å². The number of hydrogen-bond acceptors (Lipinski definition) is 2. The Morgan fingerprint density at radius 2 is 2.09 bits per heavy atom. The van der Waals surface area contributed by atoms with Crippen molar-refractivity contribution < 1.29 is 9.53 Å². The molecule has 2 heteroatoms. The molecule has 0 aliphatic heterocycles. The molecule has 2 saturated carbocycles. The lowest BCUT2D eigenvalue weighted by molar-refractivity contribution is -0.141. The topological polar surface area (TPSA) is 26.3 Å². The van der Waals surface area contributed by atoms with E-state index in [0.717, 1.165) is 11.8 Å². The normalized spacial score (nSPS) is 39.9. The van der Waals surface area contributed by atoms with Gasteiger partial charge in [-0.15, -0.1) is 0 Å². The van der Waals surface area contributed by atoms with Crippen LogP contribution < -0.4 is 0 Å². The van der Waals surface area contributed by atoms with Crippen LogP contribution in [0.3, 0.4) is 0 Å². The summed E-state index contributed by atoms with van der Waals surface area (Å²) in [4.78, 5) is 10.9. The van der Waals surface area contributed by atoms with Crippen LogP contribution in [0, 0.1) is 17.8 Å². The van der Waals surface area contributed by atoms with Gasteiger partial charge < -0.3 is 4.74 Å². The van der Waals surface area contributed by atoms with E-state index < -0.39 is 0 Å². The van der Waals surface area contributed by atoms with E-state index in [1.54, 1.807) is 0 Å². The fraction of sp³-hybridized carbons (Fsp3) is 0.889. The molecule has 2 nitrogen and oxygen atoms in total. The van der Waals surface area contributed by atoms with Crippen molar-refractivity contribution >= 4 is 5.97 Å². The molecule has 0 aromatic carbocycles. The van der Waals surface area contributed by atoms with E-state index in [1.165, 1.54) is 26.4 Å². The first-order valence-corrected chi connectivity index (χ1v) is 4.39. The van der Waals surface area contributed by atoms with Gasteiger partial charge in [0.25, 0.3) is 0 Å². The van der Waals surface area contributed by atoms with Gasteiger partial charge in [0, 0.05) is 6.42 Å². The lowest BCUT2D eigenvalue weighted by Gasteiger charge is -2.00. The Morgan fingerprint density at radius 3 is 2.64 bits per heavy atom. The Morgan fingerprint density at radius 1 is 1.45 bits per heavy atom. The van der Waals surface area contributed by atoms with Crippen molar-refractivity contribution in [1.82, 2.24) is 0 Å². The Balaban J connectivity index is 1.79. The largest absolute Gasteiger partial charge is 0.469 e. The molecule has 2 aliphatic carbocycles. The van der Waals surface area contributed by atoms with Crippen LogP contribution in [0.2, 0.25) is 0 Å². The van der Waals surface area contributed by atoms with E-state index in [2.05, 4.69) is 4.74 Å². The molecule has 0 heterocycles. The van der Waals surface area contributed by atoms with Crippen LogP contribution in [0.15, 0.2) is 0 Å². The Labute approximate surface area is 66.9 Å². The zero-order valence-electron chi connectivity index (χ0n) is 6.88. The van der Waals surface area contributed by atoms with Gasteiger partial charge in [-0.05, 0) is 30.6 Å². The average molecular weight is 154 g/mol. The predicted molar refractivity (Wildman–Crippen MR) is 41.0 cm³/mol. The van der Waals surface area contributed by atoms with Gasteiger partial charge in [-0.25, -0.2) is 0 Å². The van der Waals surface area contributed by atoms with E-state index in [1.807, 2.05) is 0 Å². The molecule has 2 aliphatic rings. The molecule has 0 N–H and O–H groups in total. The van der Waals surface area contributed by atoms with Crippen molar-refractivity contribution in [2.24, 2.45) is 17.8 Å². The maximum atomic E-state index is 10.9. The van der Waals surface area contributed by atoms with Crippen LogP contribution in [-0.2, 0) is 9.53 Å². The summed E-state index contributed by atoms with van der Waals surface area (Å²) in [5, 5.41) is 0. The second-order valence-electron chi connectivity index (χ2n) is 3.70. The first kappa shape index (κ1) is 7.14. The molecule has 2 atom stereocenters. The van der Waals surface area contributed by atoms with Gasteiger partial charge in [0.05, 0.1) is 7.11 Å². The molecule has 0 amide bonds. The first-order chi connectivity index (χ1) is 5.33. The smallest absolute Gasteiger partial charge is 0.305 e. The maximum Gasteiger partial charge on any atom is 0.305 e. The summed E-state index contributed by atoms with van der Waals surface area (Å²) < 4.78 is 4.63. The summed E-state index contributed by atoms with van der Waals surface area (Å²) in [6.07, 6.45) is 4.76. The summed E-state index contributed by atoms with van der Waals surface area (Å²) in [7, 11) is 1.47. The molecule has 2 fully saturated rings. The quantitative estimate of drug-likeness (QED) is 0.565. The van der Waals surface area contributed by atoms with E-state index in [9.17, 15) is 4.79 Å². The number of carbonyl (C=O) groups is 1. The Kier molecular flexibility index (Phi) is 1.63. The number of methoxy groups -OCH3 is 1. The number of fused-ring (bicyclic) bond motifs is 1. The number of ether oxygens (including phenoxy) is 1.